The molecular formula is C42H45ClF3N9O5S. The number of benzene rings is 2. The molecule has 8 rings (SSSR count). The molecule has 1 spiro atoms. The number of likely N-dealkylation sites (tertiary alicyclic amines) is 1. The molecule has 3 aromatic rings. The number of ether oxygens (including phenoxy) is 1. The van der Waals surface area contributed by atoms with Gasteiger partial charge in [-0.15, -0.1) is 12.4 Å². The molecule has 19 heteroatoms. The monoisotopic (exact) mass is 879 g/mol. The fourth-order valence-corrected chi connectivity index (χ4v) is 9.57. The number of amides is 4. The summed E-state index contributed by atoms with van der Waals surface area (Å²) in [6, 6.07) is 15.0. The minimum atomic E-state index is -4.85. The number of carbonyl (C=O) groups is 4. The highest BCUT2D eigenvalue weighted by Crippen LogP contribution is 2.49. The molecule has 5 aliphatic rings. The number of rotatable bonds is 12. The molecule has 3 unspecified atom stereocenters. The van der Waals surface area contributed by atoms with E-state index in [-0.39, 0.29) is 66.0 Å². The molecule has 4 saturated heterocycles. The van der Waals surface area contributed by atoms with Gasteiger partial charge in [0, 0.05) is 55.2 Å². The number of halogens is 4. The maximum Gasteiger partial charge on any atom is 0.419 e. The lowest BCUT2D eigenvalue weighted by molar-refractivity contribution is -0.138. The average molecular weight is 880 g/mol. The maximum atomic E-state index is 14.0. The van der Waals surface area contributed by atoms with Crippen molar-refractivity contribution in [2.75, 3.05) is 53.2 Å². The summed E-state index contributed by atoms with van der Waals surface area (Å²) in [5, 5.41) is 17.8. The summed E-state index contributed by atoms with van der Waals surface area (Å²) in [5.41, 5.74) is -0.343. The van der Waals surface area contributed by atoms with E-state index >= 15 is 0 Å². The van der Waals surface area contributed by atoms with Gasteiger partial charge in [0.25, 0.3) is 5.91 Å². The number of piperidine rings is 1. The summed E-state index contributed by atoms with van der Waals surface area (Å²) >= 11 is 5.80. The first-order valence-electron chi connectivity index (χ1n) is 20.2. The first kappa shape index (κ1) is 43.7. The number of imide groups is 1. The predicted molar refractivity (Wildman–Crippen MR) is 226 cm³/mol. The third-order valence-corrected chi connectivity index (χ3v) is 12.6. The van der Waals surface area contributed by atoms with Crippen LogP contribution in [0.25, 0.3) is 0 Å². The van der Waals surface area contributed by atoms with Crippen LogP contribution in [0, 0.1) is 11.3 Å². The topological polar surface area (TPSA) is 163 Å². The van der Waals surface area contributed by atoms with Crippen LogP contribution in [-0.4, -0.2) is 100.0 Å². The number of nitriles is 1. The summed E-state index contributed by atoms with van der Waals surface area (Å²) in [7, 11) is 0. The fourth-order valence-electron chi connectivity index (χ4n) is 9.10. The van der Waals surface area contributed by atoms with Crippen LogP contribution >= 0.6 is 24.6 Å². The molecule has 4 aliphatic heterocycles. The highest BCUT2D eigenvalue weighted by Gasteiger charge is 2.60. The molecule has 3 N–H and O–H groups in total. The first-order valence-corrected chi connectivity index (χ1v) is 20.6. The Balaban J connectivity index is 0.00000561. The summed E-state index contributed by atoms with van der Waals surface area (Å²) in [5.74, 6) is -0.484. The number of aromatic nitrogens is 1. The minimum Gasteiger partial charge on any atom is -0.492 e. The molecular weight excluding hydrogens is 835 g/mol. The number of hydrogen-bond donors (Lipinski definition) is 3. The minimum absolute atomic E-state index is 0. The second kappa shape index (κ2) is 17.6. The van der Waals surface area contributed by atoms with Gasteiger partial charge in [-0.3, -0.25) is 39.2 Å². The van der Waals surface area contributed by atoms with Crippen LogP contribution in [0.15, 0.2) is 54.7 Å². The quantitative estimate of drug-likeness (QED) is 0.157. The summed E-state index contributed by atoms with van der Waals surface area (Å²) in [6.45, 7) is 4.98. The normalized spacial score (nSPS) is 22.4. The highest BCUT2D eigenvalue weighted by molar-refractivity contribution is 7.81. The number of alkyl halides is 3. The number of anilines is 4. The molecule has 5 heterocycles. The van der Waals surface area contributed by atoms with E-state index in [0.29, 0.717) is 61.6 Å². The molecule has 1 aliphatic carbocycles. The Morgan fingerprint density at radius 3 is 2.44 bits per heavy atom. The Morgan fingerprint density at radius 1 is 1.05 bits per heavy atom. The Bertz CT molecular complexity index is 2270. The molecule has 2 bridgehead atoms. The van der Waals surface area contributed by atoms with Gasteiger partial charge in [-0.05, 0) is 105 Å². The van der Waals surface area contributed by atoms with Gasteiger partial charge in [0.2, 0.25) is 17.7 Å². The number of aryl methyl sites for hydroxylation is 1. The third kappa shape index (κ3) is 8.61. The van der Waals surface area contributed by atoms with Crippen molar-refractivity contribution >= 4 is 76.1 Å². The molecule has 1 saturated carbocycles. The number of nitrogens with one attached hydrogen (secondary N) is 3. The van der Waals surface area contributed by atoms with Crippen LogP contribution in [0.5, 0.6) is 5.75 Å². The Labute approximate surface area is 362 Å². The van der Waals surface area contributed by atoms with Crippen LogP contribution in [0.3, 0.4) is 0 Å². The van der Waals surface area contributed by atoms with E-state index in [9.17, 15) is 37.6 Å². The van der Waals surface area contributed by atoms with Crippen molar-refractivity contribution < 1.29 is 37.1 Å². The number of carbonyl (C=O) groups excluding carboxylic acids is 4. The largest absolute Gasteiger partial charge is 0.492 e. The van der Waals surface area contributed by atoms with Gasteiger partial charge in [-0.25, -0.2) is 4.98 Å². The van der Waals surface area contributed by atoms with Crippen molar-refractivity contribution in [1.29, 1.82) is 5.26 Å². The average Bonchev–Trinajstić information content (AvgIpc) is 3.57. The Morgan fingerprint density at radius 2 is 1.79 bits per heavy atom. The molecule has 0 radical (unpaired) electrons. The van der Waals surface area contributed by atoms with E-state index in [1.165, 1.54) is 6.07 Å². The lowest BCUT2D eigenvalue weighted by Gasteiger charge is -2.43. The van der Waals surface area contributed by atoms with E-state index in [4.69, 9.17) is 17.0 Å². The smallest absolute Gasteiger partial charge is 0.419 e. The number of hydrogen-bond acceptors (Lipinski definition) is 11. The molecule has 322 valence electrons. The lowest BCUT2D eigenvalue weighted by Crippen LogP contribution is -2.56. The van der Waals surface area contributed by atoms with Crippen molar-refractivity contribution in [3.63, 3.8) is 0 Å². The second-order valence-corrected chi connectivity index (χ2v) is 16.3. The number of piperazine rings is 1. The lowest BCUT2D eigenvalue weighted by atomic mass is 9.75. The number of pyridine rings is 1. The Kier molecular flexibility index (Phi) is 12.6. The number of nitrogens with zero attached hydrogens (tertiary/aromatic N) is 6. The van der Waals surface area contributed by atoms with E-state index in [2.05, 4.69) is 30.7 Å². The van der Waals surface area contributed by atoms with Gasteiger partial charge in [-0.1, -0.05) is 13.0 Å². The Hall–Kier alpha value is -5.35. The van der Waals surface area contributed by atoms with Crippen LogP contribution in [0.2, 0.25) is 0 Å². The van der Waals surface area contributed by atoms with Crippen molar-refractivity contribution in [1.82, 2.24) is 20.1 Å². The summed E-state index contributed by atoms with van der Waals surface area (Å²) in [6.07, 6.45) is 1.24. The molecule has 1 aromatic heterocycles. The molecule has 14 nitrogen and oxygen atoms in total. The van der Waals surface area contributed by atoms with E-state index in [1.807, 2.05) is 31.2 Å². The predicted octanol–water partition coefficient (Wildman–Crippen LogP) is 5.40. The van der Waals surface area contributed by atoms with Crippen LogP contribution in [-0.2, 0) is 31.8 Å². The van der Waals surface area contributed by atoms with Crippen molar-refractivity contribution in [3.8, 4) is 11.8 Å². The van der Waals surface area contributed by atoms with Gasteiger partial charge in [0.15, 0.2) is 10.8 Å². The summed E-state index contributed by atoms with van der Waals surface area (Å²) in [4.78, 5) is 62.1. The second-order valence-electron chi connectivity index (χ2n) is 15.9. The molecule has 2 aromatic carbocycles. The highest BCUT2D eigenvalue weighted by atomic mass is 35.5. The zero-order valence-corrected chi connectivity index (χ0v) is 34.9. The first-order chi connectivity index (χ1) is 28.8. The fraction of sp³-hybridized carbons (Fsp3) is 0.452. The molecule has 5 fully saturated rings. The number of fused-ring (bicyclic) bond motifs is 2. The van der Waals surface area contributed by atoms with Gasteiger partial charge in [-0.2, -0.15) is 18.4 Å². The summed E-state index contributed by atoms with van der Waals surface area (Å²) < 4.78 is 47.8. The molecule has 4 amide bonds. The van der Waals surface area contributed by atoms with Crippen molar-refractivity contribution in [2.45, 2.75) is 88.1 Å². The standard InChI is InChI=1S/C42H44F3N9O5S.ClH/c1-2-25-17-28(54-40(60)53(39(58)41(54)13-4-14-41)31-19-32(42(43,44)45)34(20-46)47-21-31)9-11-35(25)59-16-15-51-22-29-7-8-30(23-51)52(29)24-37(56)49-27-6-3-5-26(18-27)48-33-10-12-36(55)50-38(33)57;/h3,5-6,9,11,17-19,21,29-30,33,48H,2,4,7-8,10,12-16,22-24H2,1H3,(H,49,56)(H,50,55,57);1H. The SMILES string of the molecule is CCc1cc(N2C(=S)N(c3cnc(C#N)c(C(F)(F)F)c3)C(=O)C23CCC3)ccc1OCCN1CC2CCC(C1)N2CC(=O)Nc1cccc(NC2CCC(=O)NC2=O)c1.Cl. The van der Waals surface area contributed by atoms with Crippen molar-refractivity contribution in [2.24, 2.45) is 0 Å². The van der Waals surface area contributed by atoms with Gasteiger partial charge in [0.1, 0.15) is 30.0 Å². The molecule has 61 heavy (non-hydrogen) atoms. The van der Waals surface area contributed by atoms with Gasteiger partial charge < -0.3 is 20.3 Å². The number of thiocarbonyl (C=S) groups is 1. The molecule has 3 atom stereocenters. The third-order valence-electron chi connectivity index (χ3n) is 12.2. The van der Waals surface area contributed by atoms with E-state index in [0.717, 1.165) is 55.1 Å². The van der Waals surface area contributed by atoms with Gasteiger partial charge >= 0.3 is 6.18 Å². The zero-order valence-electron chi connectivity index (χ0n) is 33.3. The van der Waals surface area contributed by atoms with Crippen molar-refractivity contribution in [3.05, 3.63) is 71.5 Å². The van der Waals surface area contributed by atoms with Crippen LogP contribution in [0.4, 0.5) is 35.9 Å². The van der Waals surface area contributed by atoms with E-state index in [1.54, 1.807) is 23.1 Å². The van der Waals surface area contributed by atoms with Crippen LogP contribution in [0.1, 0.15) is 68.7 Å². The van der Waals surface area contributed by atoms with Crippen LogP contribution < -0.4 is 30.5 Å². The zero-order chi connectivity index (χ0) is 42.3. The van der Waals surface area contributed by atoms with E-state index < -0.39 is 34.9 Å². The maximum absolute atomic E-state index is 14.0. The van der Waals surface area contributed by atoms with Gasteiger partial charge in [0.05, 0.1) is 24.0 Å².